The Balaban J connectivity index is 1.90. The van der Waals surface area contributed by atoms with Crippen LogP contribution >= 0.6 is 0 Å². The largest absolute Gasteiger partial charge is 0.507 e. The summed E-state index contributed by atoms with van der Waals surface area (Å²) in [5.74, 6) is -1.62. The fraction of sp³-hybridized carbons (Fsp3) is 0.707. The maximum atomic E-state index is 14.5. The molecule has 2 aromatic carbocycles. The topological polar surface area (TPSA) is 151 Å². The second-order valence-corrected chi connectivity index (χ2v) is 26.5. The third kappa shape index (κ3) is 9.97. The molecule has 0 spiro atoms. The lowest BCUT2D eigenvalue weighted by Gasteiger charge is -2.84. The van der Waals surface area contributed by atoms with Crippen molar-refractivity contribution in [1.29, 1.82) is 0 Å². The summed E-state index contributed by atoms with van der Waals surface area (Å²) in [7, 11) is 0. The SMILES string of the molecule is CCC1C2(CCC(=O)O)C=C(C(C)(C)C)C(O)C1(C(C)(C)C)C2(C(C)OC(=O)CCc1cc(C(C)(C)C)c(O)c(C(C)(C)C)c1)C(C)OC(=O)CCc1cc(C(C)(C)C)c(O)c(C(C)(C)C)c1. The van der Waals surface area contributed by atoms with Gasteiger partial charge in [-0.1, -0.05) is 168 Å². The van der Waals surface area contributed by atoms with E-state index in [0.717, 1.165) is 39.0 Å². The van der Waals surface area contributed by atoms with E-state index in [-0.39, 0.29) is 64.8 Å². The Labute approximate surface area is 404 Å². The maximum Gasteiger partial charge on any atom is 0.306 e. The van der Waals surface area contributed by atoms with E-state index in [0.29, 0.717) is 19.3 Å². The van der Waals surface area contributed by atoms with Gasteiger partial charge in [0.2, 0.25) is 0 Å². The third-order valence-electron chi connectivity index (χ3n) is 15.7. The lowest BCUT2D eigenvalue weighted by molar-refractivity contribution is -0.396. The second kappa shape index (κ2) is 18.5. The number of aliphatic hydroxyl groups excluding tert-OH is 1. The molecule has 0 amide bonds. The van der Waals surface area contributed by atoms with Crippen LogP contribution in [0.2, 0.25) is 0 Å². The number of fused-ring (bicyclic) bond motifs is 2. The van der Waals surface area contributed by atoms with Crippen molar-refractivity contribution in [3.63, 3.8) is 0 Å². The van der Waals surface area contributed by atoms with E-state index >= 15 is 0 Å². The fourth-order valence-electron chi connectivity index (χ4n) is 13.1. The molecule has 0 saturated heterocycles. The minimum atomic E-state index is -1.28. The average molecular weight is 931 g/mol. The number of aromatic hydroxyl groups is 2. The summed E-state index contributed by atoms with van der Waals surface area (Å²) in [5, 5.41) is 46.4. The molecular formula is C58H90O9. The summed E-state index contributed by atoms with van der Waals surface area (Å²) in [6.45, 7) is 42.9. The number of phenols is 2. The predicted octanol–water partition coefficient (Wildman–Crippen LogP) is 13.0. The third-order valence-corrected chi connectivity index (χ3v) is 15.7. The molecular weight excluding hydrogens is 841 g/mol. The number of allylic oxidation sites excluding steroid dienone is 1. The quantitative estimate of drug-likeness (QED) is 0.107. The summed E-state index contributed by atoms with van der Waals surface area (Å²) in [4.78, 5) is 41.7. The lowest BCUT2D eigenvalue weighted by Crippen LogP contribution is -2.87. The number of aryl methyl sites for hydroxylation is 2. The van der Waals surface area contributed by atoms with Gasteiger partial charge in [-0.3, -0.25) is 14.4 Å². The molecule has 67 heavy (non-hydrogen) atoms. The molecule has 6 unspecified atom stereocenters. The number of rotatable bonds is 14. The normalized spacial score (nSPS) is 24.6. The smallest absolute Gasteiger partial charge is 0.306 e. The van der Waals surface area contributed by atoms with Crippen molar-refractivity contribution in [3.8, 4) is 11.5 Å². The van der Waals surface area contributed by atoms with Crippen molar-refractivity contribution in [2.45, 2.75) is 230 Å². The van der Waals surface area contributed by atoms with Crippen LogP contribution in [0.15, 0.2) is 35.9 Å². The zero-order valence-electron chi connectivity index (χ0n) is 45.5. The van der Waals surface area contributed by atoms with Gasteiger partial charge in [0, 0.05) is 30.1 Å². The molecule has 2 aliphatic rings. The molecule has 2 aliphatic carbocycles. The van der Waals surface area contributed by atoms with Gasteiger partial charge in [0.25, 0.3) is 0 Å². The van der Waals surface area contributed by atoms with Crippen LogP contribution in [0.1, 0.15) is 211 Å². The van der Waals surface area contributed by atoms with Crippen LogP contribution in [0, 0.1) is 33.0 Å². The van der Waals surface area contributed by atoms with E-state index < -0.39 is 63.3 Å². The highest BCUT2D eigenvalue weighted by Crippen LogP contribution is 2.86. The molecule has 4 N–H and O–H groups in total. The van der Waals surface area contributed by atoms with Crippen molar-refractivity contribution >= 4 is 17.9 Å². The van der Waals surface area contributed by atoms with Gasteiger partial charge in [0.15, 0.2) is 0 Å². The standard InChI is InChI=1S/C58H90O9/c1-22-43-56(28-27-44(59)60)33-42(54(16,17)18)49(65)58(43,55(19,20)21)57(56,34(2)66-45(61)25-23-36-29-38(50(4,5)6)47(63)39(30-36)51(7,8)9)35(3)67-46(62)26-24-37-31-40(52(10,11)12)48(64)41(32-37)53(13,14)15/h29-35,43,49,63-65H,22-28H2,1-21H3,(H,59,60). The lowest BCUT2D eigenvalue weighted by atomic mass is 9.19. The Bertz CT molecular complexity index is 2030. The molecule has 6 atom stereocenters. The van der Waals surface area contributed by atoms with Crippen molar-refractivity contribution in [2.24, 2.45) is 33.0 Å². The number of hydrogen-bond donors (Lipinski definition) is 4. The zero-order chi connectivity index (χ0) is 51.6. The number of hydrogen-bond acceptors (Lipinski definition) is 8. The first-order valence-electron chi connectivity index (χ1n) is 24.9. The number of aliphatic hydroxyl groups is 1. The molecule has 2 aromatic rings. The molecule has 1 fully saturated rings. The van der Waals surface area contributed by atoms with E-state index in [1.807, 2.05) is 38.1 Å². The van der Waals surface area contributed by atoms with Gasteiger partial charge in [-0.25, -0.2) is 0 Å². The van der Waals surface area contributed by atoms with Gasteiger partial charge in [0.05, 0.1) is 11.5 Å². The summed E-state index contributed by atoms with van der Waals surface area (Å²) >= 11 is 0. The molecule has 9 nitrogen and oxygen atoms in total. The van der Waals surface area contributed by atoms with E-state index in [1.54, 1.807) is 0 Å². The summed E-state index contributed by atoms with van der Waals surface area (Å²) in [6.07, 6.45) is 0.546. The van der Waals surface area contributed by atoms with Crippen molar-refractivity contribution in [1.82, 2.24) is 0 Å². The number of phenolic OH excluding ortho intramolecular Hbond substituents is 2. The van der Waals surface area contributed by atoms with Crippen LogP contribution in [0.25, 0.3) is 0 Å². The fourth-order valence-corrected chi connectivity index (χ4v) is 13.1. The van der Waals surface area contributed by atoms with Gasteiger partial charge in [-0.05, 0) is 110 Å². The highest BCUT2D eigenvalue weighted by molar-refractivity contribution is 5.72. The van der Waals surface area contributed by atoms with Crippen LogP contribution in [0.5, 0.6) is 11.5 Å². The van der Waals surface area contributed by atoms with Crippen molar-refractivity contribution < 1.29 is 44.3 Å². The number of carbonyl (C=O) groups is 3. The number of carboxylic acid groups (broad SMARTS) is 1. The Morgan fingerprint density at radius 2 is 0.940 bits per heavy atom. The average Bonchev–Trinajstić information content (AvgIpc) is 3.13. The number of aliphatic carboxylic acids is 1. The second-order valence-electron chi connectivity index (χ2n) is 26.5. The highest BCUT2D eigenvalue weighted by Gasteiger charge is 2.88. The molecule has 1 saturated carbocycles. The molecule has 2 bridgehead atoms. The van der Waals surface area contributed by atoms with Gasteiger partial charge < -0.3 is 29.9 Å². The maximum absolute atomic E-state index is 14.5. The van der Waals surface area contributed by atoms with E-state index in [2.05, 4.69) is 138 Å². The summed E-state index contributed by atoms with van der Waals surface area (Å²) in [6, 6.07) is 7.90. The minimum absolute atomic E-state index is 0.0275. The Hall–Kier alpha value is -3.85. The van der Waals surface area contributed by atoms with Crippen LogP contribution in [0.4, 0.5) is 0 Å². The van der Waals surface area contributed by atoms with E-state index in [1.165, 1.54) is 0 Å². The molecule has 0 radical (unpaired) electrons. The summed E-state index contributed by atoms with van der Waals surface area (Å²) in [5.41, 5.74) is -0.0702. The predicted molar refractivity (Wildman–Crippen MR) is 270 cm³/mol. The number of benzene rings is 2. The molecule has 4 rings (SSSR count). The molecule has 376 valence electrons. The molecule has 0 heterocycles. The van der Waals surface area contributed by atoms with Crippen molar-refractivity contribution in [2.75, 3.05) is 0 Å². The van der Waals surface area contributed by atoms with Gasteiger partial charge >= 0.3 is 17.9 Å². The molecule has 0 aromatic heterocycles. The molecule has 0 aliphatic heterocycles. The van der Waals surface area contributed by atoms with Crippen molar-refractivity contribution in [3.05, 3.63) is 69.3 Å². The van der Waals surface area contributed by atoms with E-state index in [4.69, 9.17) is 9.47 Å². The number of ether oxygens (including phenoxy) is 2. The summed E-state index contributed by atoms with van der Waals surface area (Å²) < 4.78 is 13.4. The zero-order valence-corrected chi connectivity index (χ0v) is 45.5. The minimum Gasteiger partial charge on any atom is -0.507 e. The molecule has 9 heteroatoms. The number of carbonyl (C=O) groups excluding carboxylic acids is 2. The van der Waals surface area contributed by atoms with Crippen LogP contribution < -0.4 is 0 Å². The number of carboxylic acids is 1. The highest BCUT2D eigenvalue weighted by atomic mass is 16.6. The van der Waals surface area contributed by atoms with Crippen LogP contribution in [0.3, 0.4) is 0 Å². The Morgan fingerprint density at radius 3 is 1.21 bits per heavy atom. The Kier molecular flexibility index (Phi) is 15.4. The van der Waals surface area contributed by atoms with Gasteiger partial charge in [-0.15, -0.1) is 0 Å². The van der Waals surface area contributed by atoms with Gasteiger partial charge in [0.1, 0.15) is 23.7 Å². The Morgan fingerprint density at radius 1 is 0.597 bits per heavy atom. The van der Waals surface area contributed by atoms with E-state index in [9.17, 15) is 34.8 Å². The first-order valence-corrected chi connectivity index (χ1v) is 24.9. The van der Waals surface area contributed by atoms with Crippen LogP contribution in [-0.4, -0.2) is 56.6 Å². The first-order chi connectivity index (χ1) is 30.2. The first kappa shape index (κ1) is 55.7. The number of esters is 2. The van der Waals surface area contributed by atoms with Crippen LogP contribution in [-0.2, 0) is 58.4 Å². The monoisotopic (exact) mass is 931 g/mol. The van der Waals surface area contributed by atoms with Gasteiger partial charge in [-0.2, -0.15) is 0 Å².